The number of pyridine rings is 1. The first-order valence-electron chi connectivity index (χ1n) is 9.30. The van der Waals surface area contributed by atoms with Crippen molar-refractivity contribution in [2.24, 2.45) is 11.8 Å². The molecule has 1 aliphatic rings. The highest BCUT2D eigenvalue weighted by molar-refractivity contribution is 5.85. The van der Waals surface area contributed by atoms with Crippen LogP contribution in [0.4, 0.5) is 15.0 Å². The molecule has 0 unspecified atom stereocenters. The number of halogens is 1. The quantitative estimate of drug-likeness (QED) is 0.752. The molecule has 1 atom stereocenters. The van der Waals surface area contributed by atoms with Crippen LogP contribution in [0.1, 0.15) is 32.8 Å². The second-order valence-corrected chi connectivity index (χ2v) is 7.46. The number of ether oxygens (including phenoxy) is 3. The first-order valence-corrected chi connectivity index (χ1v) is 9.30. The van der Waals surface area contributed by atoms with Crippen molar-refractivity contribution in [3.8, 4) is 22.6 Å². The van der Waals surface area contributed by atoms with Crippen LogP contribution in [0.25, 0.3) is 11.1 Å². The highest BCUT2D eigenvalue weighted by Gasteiger charge is 2.22. The van der Waals surface area contributed by atoms with E-state index in [2.05, 4.69) is 35.8 Å². The molecule has 0 radical (unpaired) electrons. The summed E-state index contributed by atoms with van der Waals surface area (Å²) >= 11 is 0. The summed E-state index contributed by atoms with van der Waals surface area (Å²) in [5.41, 5.74) is 2.15. The lowest BCUT2D eigenvalue weighted by Gasteiger charge is -2.22. The first-order chi connectivity index (χ1) is 13.4. The molecule has 0 bridgehead atoms. The number of carbonyl (C=O) groups is 1. The number of aromatic nitrogens is 1. The highest BCUT2D eigenvalue weighted by Crippen LogP contribution is 2.41. The maximum Gasteiger partial charge on any atom is 0.412 e. The largest absolute Gasteiger partial charge is 0.490 e. The number of benzene rings is 1. The van der Waals surface area contributed by atoms with Crippen LogP contribution in [0.3, 0.4) is 0 Å². The van der Waals surface area contributed by atoms with Crippen LogP contribution < -0.4 is 14.8 Å². The molecule has 3 rings (SSSR count). The number of methoxy groups -OCH3 is 1. The summed E-state index contributed by atoms with van der Waals surface area (Å²) in [4.78, 5) is 15.6. The molecule has 1 N–H and O–H groups in total. The Bertz CT molecular complexity index is 870. The standard InChI is InChI=1S/C21H25FN2O4/c1-12(2)5-13(3)10-27-19-8-18-16(6-17(19)22)15-7-20(24-21(25)26-4)23-9-14(15)11-28-18/h6-9,12-13H,5,10-11H2,1-4H3,(H,23,24,25)/t13-/m1/s1. The molecule has 7 heteroatoms. The van der Waals surface area contributed by atoms with Gasteiger partial charge in [-0.2, -0.15) is 0 Å². The maximum absolute atomic E-state index is 14.7. The third-order valence-corrected chi connectivity index (χ3v) is 4.51. The number of rotatable bonds is 6. The van der Waals surface area contributed by atoms with Gasteiger partial charge in [0.15, 0.2) is 11.6 Å². The molecule has 1 aliphatic heterocycles. The molecule has 2 heterocycles. The summed E-state index contributed by atoms with van der Waals surface area (Å²) in [6.07, 6.45) is 1.99. The van der Waals surface area contributed by atoms with E-state index in [-0.39, 0.29) is 5.75 Å². The molecule has 2 aromatic rings. The van der Waals surface area contributed by atoms with Gasteiger partial charge in [-0.25, -0.2) is 14.2 Å². The average molecular weight is 388 g/mol. The van der Waals surface area contributed by atoms with Gasteiger partial charge in [-0.15, -0.1) is 0 Å². The van der Waals surface area contributed by atoms with E-state index in [1.807, 2.05) is 0 Å². The van der Waals surface area contributed by atoms with Crippen LogP contribution in [-0.4, -0.2) is 24.8 Å². The Morgan fingerprint density at radius 2 is 2.07 bits per heavy atom. The van der Waals surface area contributed by atoms with Gasteiger partial charge in [0.05, 0.1) is 13.7 Å². The molecule has 0 fully saturated rings. The fourth-order valence-electron chi connectivity index (χ4n) is 3.31. The maximum atomic E-state index is 14.7. The minimum Gasteiger partial charge on any atom is -0.490 e. The number of carbonyl (C=O) groups excluding carboxylic acids is 1. The fraction of sp³-hybridized carbons (Fsp3) is 0.429. The van der Waals surface area contributed by atoms with Crippen molar-refractivity contribution in [2.75, 3.05) is 19.0 Å². The molecule has 1 aromatic carbocycles. The minimum atomic E-state index is -0.620. The van der Waals surface area contributed by atoms with Gasteiger partial charge in [0.1, 0.15) is 18.2 Å². The van der Waals surface area contributed by atoms with Gasteiger partial charge in [-0.05, 0) is 36.0 Å². The Morgan fingerprint density at radius 1 is 1.29 bits per heavy atom. The van der Waals surface area contributed by atoms with Gasteiger partial charge in [0, 0.05) is 23.4 Å². The lowest BCUT2D eigenvalue weighted by Crippen LogP contribution is -2.14. The lowest BCUT2D eigenvalue weighted by atomic mass is 9.98. The Morgan fingerprint density at radius 3 is 2.79 bits per heavy atom. The number of hydrogen-bond donors (Lipinski definition) is 1. The van der Waals surface area contributed by atoms with Crippen molar-refractivity contribution < 1.29 is 23.4 Å². The Balaban J connectivity index is 1.84. The molecule has 0 saturated heterocycles. The van der Waals surface area contributed by atoms with Crippen LogP contribution in [0, 0.1) is 17.7 Å². The predicted molar refractivity (Wildman–Crippen MR) is 104 cm³/mol. The zero-order valence-electron chi connectivity index (χ0n) is 16.5. The second kappa shape index (κ2) is 8.46. The minimum absolute atomic E-state index is 0.180. The van der Waals surface area contributed by atoms with Crippen molar-refractivity contribution in [1.82, 2.24) is 4.98 Å². The van der Waals surface area contributed by atoms with Crippen molar-refractivity contribution in [3.63, 3.8) is 0 Å². The van der Waals surface area contributed by atoms with Crippen molar-refractivity contribution >= 4 is 11.9 Å². The van der Waals surface area contributed by atoms with Crippen LogP contribution in [0.5, 0.6) is 11.5 Å². The summed E-state index contributed by atoms with van der Waals surface area (Å²) < 4.78 is 30.7. The molecule has 1 amide bonds. The molecule has 28 heavy (non-hydrogen) atoms. The van der Waals surface area contributed by atoms with Crippen LogP contribution in [0.2, 0.25) is 0 Å². The molecular formula is C21H25FN2O4. The van der Waals surface area contributed by atoms with E-state index in [4.69, 9.17) is 9.47 Å². The summed E-state index contributed by atoms with van der Waals surface area (Å²) in [6.45, 7) is 7.15. The van der Waals surface area contributed by atoms with Gasteiger partial charge >= 0.3 is 6.09 Å². The van der Waals surface area contributed by atoms with Crippen molar-refractivity contribution in [1.29, 1.82) is 0 Å². The molecule has 0 saturated carbocycles. The summed E-state index contributed by atoms with van der Waals surface area (Å²) in [5, 5.41) is 2.52. The second-order valence-electron chi connectivity index (χ2n) is 7.46. The van der Waals surface area contributed by atoms with E-state index in [0.717, 1.165) is 17.5 Å². The molecule has 6 nitrogen and oxygen atoms in total. The Labute approximate surface area is 164 Å². The Kier molecular flexibility index (Phi) is 6.02. The normalized spacial score (nSPS) is 13.2. The van der Waals surface area contributed by atoms with Crippen molar-refractivity contribution in [2.45, 2.75) is 33.8 Å². The van der Waals surface area contributed by atoms with Gasteiger partial charge in [0.2, 0.25) is 0 Å². The third kappa shape index (κ3) is 4.52. The molecule has 150 valence electrons. The van der Waals surface area contributed by atoms with Crippen molar-refractivity contribution in [3.05, 3.63) is 35.8 Å². The van der Waals surface area contributed by atoms with Gasteiger partial charge in [-0.1, -0.05) is 20.8 Å². The van der Waals surface area contributed by atoms with E-state index < -0.39 is 11.9 Å². The van der Waals surface area contributed by atoms with Gasteiger partial charge < -0.3 is 14.2 Å². The number of amides is 1. The number of hydrogen-bond acceptors (Lipinski definition) is 5. The molecule has 1 aromatic heterocycles. The first kappa shape index (κ1) is 19.9. The zero-order chi connectivity index (χ0) is 20.3. The van der Waals surface area contributed by atoms with Crippen LogP contribution in [0.15, 0.2) is 24.4 Å². The third-order valence-electron chi connectivity index (χ3n) is 4.51. The smallest absolute Gasteiger partial charge is 0.412 e. The zero-order valence-corrected chi connectivity index (χ0v) is 16.5. The number of anilines is 1. The van der Waals surface area contributed by atoms with E-state index in [1.165, 1.54) is 13.2 Å². The van der Waals surface area contributed by atoms with Gasteiger partial charge in [-0.3, -0.25) is 5.32 Å². The molecule has 0 aliphatic carbocycles. The number of nitrogens with zero attached hydrogens (tertiary/aromatic N) is 1. The highest BCUT2D eigenvalue weighted by atomic mass is 19.1. The van der Waals surface area contributed by atoms with Gasteiger partial charge in [0.25, 0.3) is 0 Å². The topological polar surface area (TPSA) is 69.7 Å². The van der Waals surface area contributed by atoms with E-state index >= 15 is 0 Å². The summed E-state index contributed by atoms with van der Waals surface area (Å²) in [7, 11) is 1.27. The predicted octanol–water partition coefficient (Wildman–Crippen LogP) is 5.02. The van der Waals surface area contributed by atoms with E-state index in [9.17, 15) is 9.18 Å². The summed E-state index contributed by atoms with van der Waals surface area (Å²) in [5.74, 6) is 1.48. The monoisotopic (exact) mass is 388 g/mol. The van der Waals surface area contributed by atoms with E-state index in [0.29, 0.717) is 42.2 Å². The number of nitrogens with one attached hydrogen (secondary N) is 1. The lowest BCUT2D eigenvalue weighted by molar-refractivity contribution is 0.187. The van der Waals surface area contributed by atoms with Crippen LogP contribution in [-0.2, 0) is 11.3 Å². The van der Waals surface area contributed by atoms with E-state index in [1.54, 1.807) is 18.3 Å². The Hall–Kier alpha value is -2.83. The summed E-state index contributed by atoms with van der Waals surface area (Å²) in [6, 6.07) is 4.67. The molecular weight excluding hydrogens is 363 g/mol. The fourth-order valence-corrected chi connectivity index (χ4v) is 3.31. The molecule has 0 spiro atoms. The number of fused-ring (bicyclic) bond motifs is 3. The average Bonchev–Trinajstić information content (AvgIpc) is 2.65. The van der Waals surface area contributed by atoms with Crippen LogP contribution >= 0.6 is 0 Å². The SMILES string of the molecule is COC(=O)Nc1cc2c(cn1)COc1cc(OC[C@H](C)CC(C)C)c(F)cc1-2.